The summed E-state index contributed by atoms with van der Waals surface area (Å²) in [5.74, 6) is -1.24. The van der Waals surface area contributed by atoms with E-state index in [1.807, 2.05) is 4.90 Å². The van der Waals surface area contributed by atoms with Gasteiger partial charge in [0.25, 0.3) is 5.91 Å². The number of amides is 4. The maximum atomic E-state index is 13.2. The lowest BCUT2D eigenvalue weighted by Gasteiger charge is -2.24. The van der Waals surface area contributed by atoms with Gasteiger partial charge in [-0.3, -0.25) is 14.5 Å². The molecule has 2 fully saturated rings. The highest BCUT2D eigenvalue weighted by atomic mass is 19.4. The quantitative estimate of drug-likeness (QED) is 0.684. The van der Waals surface area contributed by atoms with E-state index in [0.29, 0.717) is 31.6 Å². The lowest BCUT2D eigenvalue weighted by molar-refractivity contribution is -0.137. The lowest BCUT2D eigenvalue weighted by atomic mass is 9.93. The third-order valence-electron chi connectivity index (χ3n) is 5.80. The highest BCUT2D eigenvalue weighted by Crippen LogP contribution is 2.36. The molecule has 2 aliphatic heterocycles. The van der Waals surface area contributed by atoms with Gasteiger partial charge < -0.3 is 15.5 Å². The first-order valence-electron chi connectivity index (χ1n) is 10.0. The summed E-state index contributed by atoms with van der Waals surface area (Å²) in [5.41, 5.74) is -1.43. The Hall–Kier alpha value is -2.78. The van der Waals surface area contributed by atoms with Crippen LogP contribution in [0.15, 0.2) is 18.2 Å². The lowest BCUT2D eigenvalue weighted by Crippen LogP contribution is -2.46. The van der Waals surface area contributed by atoms with Crippen molar-refractivity contribution in [2.24, 2.45) is 0 Å². The van der Waals surface area contributed by atoms with Crippen LogP contribution in [0.3, 0.4) is 0 Å². The molecule has 2 saturated heterocycles. The molecular formula is C20H25F3N4O3. The van der Waals surface area contributed by atoms with Gasteiger partial charge in [0.15, 0.2) is 0 Å². The van der Waals surface area contributed by atoms with Gasteiger partial charge in [-0.2, -0.15) is 13.2 Å². The van der Waals surface area contributed by atoms with Crippen molar-refractivity contribution in [3.05, 3.63) is 23.8 Å². The minimum absolute atomic E-state index is 0.0148. The van der Waals surface area contributed by atoms with Gasteiger partial charge in [0.2, 0.25) is 5.91 Å². The van der Waals surface area contributed by atoms with Crippen LogP contribution in [-0.2, 0) is 15.8 Å². The van der Waals surface area contributed by atoms with Crippen LogP contribution in [0.5, 0.6) is 0 Å². The number of alkyl halides is 3. The second-order valence-electron chi connectivity index (χ2n) is 7.58. The number of anilines is 2. The highest BCUT2D eigenvalue weighted by Gasteiger charge is 2.49. The molecule has 2 heterocycles. The number of carbonyl (C=O) groups is 3. The Morgan fingerprint density at radius 2 is 1.80 bits per heavy atom. The van der Waals surface area contributed by atoms with E-state index in [4.69, 9.17) is 0 Å². The van der Waals surface area contributed by atoms with Gasteiger partial charge >= 0.3 is 12.2 Å². The third-order valence-corrected chi connectivity index (χ3v) is 5.80. The standard InChI is InChI=1S/C20H25F3N4O3/c1-3-19(4-2)17(29)27(18(30)25-19)12-16(28)24-14-11-13(20(21,22)23)7-8-15(14)26-9-5-6-10-26/h7-8,11H,3-6,9-10,12H2,1-2H3,(H,24,28)(H,25,30). The summed E-state index contributed by atoms with van der Waals surface area (Å²) < 4.78 is 39.5. The summed E-state index contributed by atoms with van der Waals surface area (Å²) in [7, 11) is 0. The summed E-state index contributed by atoms with van der Waals surface area (Å²) in [5, 5.41) is 5.10. The van der Waals surface area contributed by atoms with E-state index in [1.54, 1.807) is 13.8 Å². The summed E-state index contributed by atoms with van der Waals surface area (Å²) in [6, 6.07) is 2.54. The Morgan fingerprint density at radius 1 is 1.17 bits per heavy atom. The minimum Gasteiger partial charge on any atom is -0.370 e. The summed E-state index contributed by atoms with van der Waals surface area (Å²) >= 11 is 0. The average Bonchev–Trinajstić information content (AvgIpc) is 3.30. The fourth-order valence-electron chi connectivity index (χ4n) is 3.93. The second-order valence-corrected chi connectivity index (χ2v) is 7.58. The zero-order valence-corrected chi connectivity index (χ0v) is 16.9. The molecule has 0 atom stereocenters. The Morgan fingerprint density at radius 3 is 2.33 bits per heavy atom. The van der Waals surface area contributed by atoms with E-state index in [-0.39, 0.29) is 5.69 Å². The first-order chi connectivity index (χ1) is 14.1. The van der Waals surface area contributed by atoms with Gasteiger partial charge in [-0.15, -0.1) is 0 Å². The van der Waals surface area contributed by atoms with Gasteiger partial charge in [-0.05, 0) is 43.9 Å². The van der Waals surface area contributed by atoms with Crippen molar-refractivity contribution in [1.82, 2.24) is 10.2 Å². The number of halogens is 3. The molecule has 1 aromatic carbocycles. The van der Waals surface area contributed by atoms with Crippen LogP contribution in [-0.4, -0.2) is 47.9 Å². The molecule has 10 heteroatoms. The Bertz CT molecular complexity index is 846. The molecule has 0 aliphatic carbocycles. The van der Waals surface area contributed by atoms with Gasteiger partial charge in [0.1, 0.15) is 12.1 Å². The van der Waals surface area contributed by atoms with Crippen molar-refractivity contribution >= 4 is 29.2 Å². The van der Waals surface area contributed by atoms with E-state index in [0.717, 1.165) is 29.9 Å². The highest BCUT2D eigenvalue weighted by molar-refractivity contribution is 6.10. The average molecular weight is 426 g/mol. The Kier molecular flexibility index (Phi) is 5.96. The van der Waals surface area contributed by atoms with Crippen LogP contribution >= 0.6 is 0 Å². The van der Waals surface area contributed by atoms with Crippen LogP contribution in [0.4, 0.5) is 29.3 Å². The number of hydrogen-bond acceptors (Lipinski definition) is 4. The topological polar surface area (TPSA) is 81.8 Å². The molecule has 0 saturated carbocycles. The fraction of sp³-hybridized carbons (Fsp3) is 0.550. The van der Waals surface area contributed by atoms with E-state index in [9.17, 15) is 27.6 Å². The molecule has 2 N–H and O–H groups in total. The molecule has 3 rings (SSSR count). The Labute approximate surface area is 172 Å². The van der Waals surface area contributed by atoms with E-state index in [1.165, 1.54) is 6.07 Å². The van der Waals surface area contributed by atoms with E-state index < -0.39 is 41.7 Å². The van der Waals surface area contributed by atoms with Crippen molar-refractivity contribution in [3.63, 3.8) is 0 Å². The molecule has 0 aromatic heterocycles. The number of hydrogen-bond donors (Lipinski definition) is 2. The number of rotatable bonds is 6. The van der Waals surface area contributed by atoms with Crippen molar-refractivity contribution in [1.29, 1.82) is 0 Å². The summed E-state index contributed by atoms with van der Waals surface area (Å²) in [4.78, 5) is 40.2. The number of imide groups is 1. The number of carbonyl (C=O) groups excluding carboxylic acids is 3. The van der Waals surface area contributed by atoms with E-state index >= 15 is 0 Å². The van der Waals surface area contributed by atoms with Crippen LogP contribution in [0.2, 0.25) is 0 Å². The zero-order chi connectivity index (χ0) is 22.1. The van der Waals surface area contributed by atoms with Crippen LogP contribution in [0, 0.1) is 0 Å². The molecule has 30 heavy (non-hydrogen) atoms. The SMILES string of the molecule is CCC1(CC)NC(=O)N(CC(=O)Nc2cc(C(F)(F)F)ccc2N2CCCC2)C1=O. The number of nitrogens with one attached hydrogen (secondary N) is 2. The maximum Gasteiger partial charge on any atom is 0.416 e. The zero-order valence-electron chi connectivity index (χ0n) is 16.9. The Balaban J connectivity index is 1.82. The summed E-state index contributed by atoms with van der Waals surface area (Å²) in [6.45, 7) is 4.31. The number of benzene rings is 1. The molecule has 0 radical (unpaired) electrons. The minimum atomic E-state index is -4.56. The summed E-state index contributed by atoms with van der Waals surface area (Å²) in [6.07, 6.45) is -1.99. The molecule has 0 unspecified atom stereocenters. The van der Waals surface area contributed by atoms with E-state index in [2.05, 4.69) is 10.6 Å². The van der Waals surface area contributed by atoms with Crippen LogP contribution in [0.25, 0.3) is 0 Å². The first kappa shape index (κ1) is 21.9. The fourth-order valence-corrected chi connectivity index (χ4v) is 3.93. The third kappa shape index (κ3) is 4.08. The molecule has 0 spiro atoms. The molecule has 2 aliphatic rings. The largest absolute Gasteiger partial charge is 0.416 e. The van der Waals surface area contributed by atoms with Crippen molar-refractivity contribution in [3.8, 4) is 0 Å². The molecule has 4 amide bonds. The molecular weight excluding hydrogens is 401 g/mol. The molecule has 1 aromatic rings. The molecule has 7 nitrogen and oxygen atoms in total. The monoisotopic (exact) mass is 426 g/mol. The van der Waals surface area contributed by atoms with Gasteiger partial charge in [0, 0.05) is 13.1 Å². The van der Waals surface area contributed by atoms with Gasteiger partial charge in [-0.1, -0.05) is 13.8 Å². The molecule has 164 valence electrons. The van der Waals surface area contributed by atoms with Gasteiger partial charge in [0.05, 0.1) is 16.9 Å². The number of nitrogens with zero attached hydrogens (tertiary/aromatic N) is 2. The van der Waals surface area contributed by atoms with Crippen LogP contribution < -0.4 is 15.5 Å². The van der Waals surface area contributed by atoms with Gasteiger partial charge in [-0.25, -0.2) is 4.79 Å². The second kappa shape index (κ2) is 8.16. The number of urea groups is 1. The van der Waals surface area contributed by atoms with Crippen molar-refractivity contribution in [2.75, 3.05) is 29.9 Å². The first-order valence-corrected chi connectivity index (χ1v) is 10.0. The maximum absolute atomic E-state index is 13.2. The normalized spacial score (nSPS) is 18.7. The molecule has 0 bridgehead atoms. The van der Waals surface area contributed by atoms with Crippen molar-refractivity contribution < 1.29 is 27.6 Å². The predicted molar refractivity (Wildman–Crippen MR) is 105 cm³/mol. The predicted octanol–water partition coefficient (Wildman–Crippen LogP) is 3.35. The van der Waals surface area contributed by atoms with Crippen LogP contribution in [0.1, 0.15) is 45.1 Å². The van der Waals surface area contributed by atoms with Crippen molar-refractivity contribution in [2.45, 2.75) is 51.2 Å². The smallest absolute Gasteiger partial charge is 0.370 e.